The minimum absolute atomic E-state index is 0.327. The van der Waals surface area contributed by atoms with Gasteiger partial charge in [0.05, 0.1) is 0 Å². The second-order valence-electron chi connectivity index (χ2n) is 2.44. The maximum atomic E-state index is 11.5. The highest BCUT2D eigenvalue weighted by molar-refractivity contribution is 4.54. The van der Waals surface area contributed by atoms with Gasteiger partial charge in [0.1, 0.15) is 6.61 Å². The molecule has 0 spiro atoms. The summed E-state index contributed by atoms with van der Waals surface area (Å²) >= 11 is 0. The molecule has 0 radical (unpaired) electrons. The zero-order chi connectivity index (χ0) is 8.69. The van der Waals surface area contributed by atoms with Gasteiger partial charge in [0.25, 0.3) is 6.43 Å². The molecule has 1 unspecified atom stereocenters. The molecule has 11 heavy (non-hydrogen) atoms. The van der Waals surface area contributed by atoms with Crippen LogP contribution in [0.15, 0.2) is 0 Å². The Kier molecular flexibility index (Phi) is 6.36. The van der Waals surface area contributed by atoms with Crippen molar-refractivity contribution in [3.8, 4) is 0 Å². The Morgan fingerprint density at radius 3 is 2.55 bits per heavy atom. The zero-order valence-electron chi connectivity index (χ0n) is 6.94. The van der Waals surface area contributed by atoms with Crippen molar-refractivity contribution in [3.63, 3.8) is 0 Å². The topological polar surface area (TPSA) is 21.3 Å². The Morgan fingerprint density at radius 2 is 2.09 bits per heavy atom. The molecular weight excluding hydrogens is 152 g/mol. The number of nitrogens with one attached hydrogen (secondary N) is 1. The summed E-state index contributed by atoms with van der Waals surface area (Å²) in [6.07, 6.45) is -1.58. The molecule has 1 N–H and O–H groups in total. The van der Waals surface area contributed by atoms with Crippen molar-refractivity contribution < 1.29 is 13.5 Å². The summed E-state index contributed by atoms with van der Waals surface area (Å²) in [4.78, 5) is 0. The van der Waals surface area contributed by atoms with E-state index in [1.807, 2.05) is 14.0 Å². The van der Waals surface area contributed by atoms with E-state index in [0.29, 0.717) is 12.6 Å². The number of rotatable bonds is 6. The van der Waals surface area contributed by atoms with Crippen molar-refractivity contribution in [1.29, 1.82) is 0 Å². The lowest BCUT2D eigenvalue weighted by molar-refractivity contribution is 0.0150. The van der Waals surface area contributed by atoms with Gasteiger partial charge >= 0.3 is 0 Å². The van der Waals surface area contributed by atoms with Gasteiger partial charge in [0.15, 0.2) is 0 Å². The summed E-state index contributed by atoms with van der Waals surface area (Å²) in [6, 6.07) is 0.327. The lowest BCUT2D eigenvalue weighted by atomic mass is 10.2. The molecule has 0 aliphatic carbocycles. The van der Waals surface area contributed by atoms with E-state index in [9.17, 15) is 8.78 Å². The Hall–Kier alpha value is -0.220. The summed E-state index contributed by atoms with van der Waals surface area (Å²) in [5.74, 6) is 0. The highest BCUT2D eigenvalue weighted by atomic mass is 19.3. The molecule has 0 saturated carbocycles. The van der Waals surface area contributed by atoms with Crippen LogP contribution in [0, 0.1) is 0 Å². The molecule has 4 heteroatoms. The zero-order valence-corrected chi connectivity index (χ0v) is 6.94. The van der Waals surface area contributed by atoms with E-state index in [2.05, 4.69) is 10.1 Å². The Bertz CT molecular complexity index is 90.5. The monoisotopic (exact) mass is 167 g/mol. The SMILES string of the molecule is CNC(C)CCOCC(F)F. The molecule has 0 aliphatic rings. The minimum atomic E-state index is -2.35. The maximum absolute atomic E-state index is 11.5. The molecule has 2 nitrogen and oxygen atoms in total. The predicted molar refractivity (Wildman–Crippen MR) is 40.0 cm³/mol. The fraction of sp³-hybridized carbons (Fsp3) is 1.00. The van der Waals surface area contributed by atoms with E-state index in [-0.39, 0.29) is 0 Å². The van der Waals surface area contributed by atoms with Crippen LogP contribution in [0.4, 0.5) is 8.78 Å². The summed E-state index contributed by atoms with van der Waals surface area (Å²) in [5.41, 5.74) is 0. The second-order valence-corrected chi connectivity index (χ2v) is 2.44. The first kappa shape index (κ1) is 10.8. The molecule has 1 atom stereocenters. The van der Waals surface area contributed by atoms with Gasteiger partial charge in [0.2, 0.25) is 0 Å². The molecular formula is C7H15F2NO. The van der Waals surface area contributed by atoms with E-state index in [1.165, 1.54) is 0 Å². The van der Waals surface area contributed by atoms with Crippen LogP contribution in [0.1, 0.15) is 13.3 Å². The van der Waals surface area contributed by atoms with E-state index in [0.717, 1.165) is 6.42 Å². The van der Waals surface area contributed by atoms with Gasteiger partial charge in [-0.2, -0.15) is 0 Å². The highest BCUT2D eigenvalue weighted by Gasteiger charge is 2.02. The van der Waals surface area contributed by atoms with Gasteiger partial charge in [-0.3, -0.25) is 0 Å². The van der Waals surface area contributed by atoms with Gasteiger partial charge in [-0.25, -0.2) is 8.78 Å². The van der Waals surface area contributed by atoms with Crippen molar-refractivity contribution in [2.24, 2.45) is 0 Å². The van der Waals surface area contributed by atoms with Crippen LogP contribution in [0.25, 0.3) is 0 Å². The fourth-order valence-electron chi connectivity index (χ4n) is 0.577. The molecule has 0 aliphatic heterocycles. The largest absolute Gasteiger partial charge is 0.375 e. The summed E-state index contributed by atoms with van der Waals surface area (Å²) in [5, 5.41) is 2.99. The van der Waals surface area contributed by atoms with Gasteiger partial charge in [0, 0.05) is 12.6 Å². The van der Waals surface area contributed by atoms with E-state index >= 15 is 0 Å². The van der Waals surface area contributed by atoms with Crippen LogP contribution in [0.3, 0.4) is 0 Å². The lowest BCUT2D eigenvalue weighted by Gasteiger charge is -2.09. The fourth-order valence-corrected chi connectivity index (χ4v) is 0.577. The van der Waals surface area contributed by atoms with Crippen molar-refractivity contribution in [3.05, 3.63) is 0 Å². The summed E-state index contributed by atoms with van der Waals surface area (Å²) in [6.45, 7) is 1.93. The van der Waals surface area contributed by atoms with Crippen molar-refractivity contribution in [1.82, 2.24) is 5.32 Å². The van der Waals surface area contributed by atoms with E-state index in [1.54, 1.807) is 0 Å². The smallest absolute Gasteiger partial charge is 0.261 e. The van der Waals surface area contributed by atoms with Crippen molar-refractivity contribution in [2.45, 2.75) is 25.8 Å². The average Bonchev–Trinajstić information content (AvgIpc) is 1.97. The molecule has 0 amide bonds. The summed E-state index contributed by atoms with van der Waals surface area (Å²) in [7, 11) is 1.83. The van der Waals surface area contributed by atoms with E-state index < -0.39 is 13.0 Å². The van der Waals surface area contributed by atoms with Crippen LogP contribution in [0.5, 0.6) is 0 Å². The second kappa shape index (κ2) is 6.49. The molecule has 0 bridgehead atoms. The summed E-state index contributed by atoms with van der Waals surface area (Å²) < 4.78 is 27.7. The first-order chi connectivity index (χ1) is 5.16. The minimum Gasteiger partial charge on any atom is -0.375 e. The third kappa shape index (κ3) is 7.68. The van der Waals surface area contributed by atoms with Gasteiger partial charge in [-0.15, -0.1) is 0 Å². The van der Waals surface area contributed by atoms with E-state index in [4.69, 9.17) is 0 Å². The third-order valence-electron chi connectivity index (χ3n) is 1.43. The molecule has 0 aromatic heterocycles. The number of ether oxygens (including phenoxy) is 1. The van der Waals surface area contributed by atoms with Crippen LogP contribution in [0.2, 0.25) is 0 Å². The quantitative estimate of drug-likeness (QED) is 0.601. The van der Waals surface area contributed by atoms with Gasteiger partial charge < -0.3 is 10.1 Å². The normalized spacial score (nSPS) is 13.9. The van der Waals surface area contributed by atoms with Crippen LogP contribution < -0.4 is 5.32 Å². The number of halogens is 2. The average molecular weight is 167 g/mol. The van der Waals surface area contributed by atoms with Crippen LogP contribution >= 0.6 is 0 Å². The third-order valence-corrected chi connectivity index (χ3v) is 1.43. The van der Waals surface area contributed by atoms with Crippen molar-refractivity contribution >= 4 is 0 Å². The predicted octanol–water partition coefficient (Wildman–Crippen LogP) is 1.27. The maximum Gasteiger partial charge on any atom is 0.261 e. The molecule has 0 rings (SSSR count). The molecule has 0 aromatic rings. The Balaban J connectivity index is 3.01. The van der Waals surface area contributed by atoms with Gasteiger partial charge in [-0.1, -0.05) is 0 Å². The number of alkyl halides is 2. The van der Waals surface area contributed by atoms with Crippen molar-refractivity contribution in [2.75, 3.05) is 20.3 Å². The first-order valence-electron chi connectivity index (χ1n) is 3.70. The number of hydrogen-bond donors (Lipinski definition) is 1. The number of hydrogen-bond acceptors (Lipinski definition) is 2. The molecule has 0 fully saturated rings. The molecule has 0 heterocycles. The van der Waals surface area contributed by atoms with Crippen LogP contribution in [-0.4, -0.2) is 32.7 Å². The van der Waals surface area contributed by atoms with Gasteiger partial charge in [-0.05, 0) is 20.4 Å². The molecule has 0 aromatic carbocycles. The van der Waals surface area contributed by atoms with Crippen LogP contribution in [-0.2, 0) is 4.74 Å². The molecule has 68 valence electrons. The lowest BCUT2D eigenvalue weighted by Crippen LogP contribution is -2.23. The first-order valence-corrected chi connectivity index (χ1v) is 3.70. The Morgan fingerprint density at radius 1 is 1.45 bits per heavy atom. The highest BCUT2D eigenvalue weighted by Crippen LogP contribution is 1.95. The Labute approximate surface area is 65.9 Å². The molecule has 0 saturated heterocycles. The standard InChI is InChI=1S/C7H15F2NO/c1-6(10-2)3-4-11-5-7(8)9/h6-7,10H,3-5H2,1-2H3.